The first-order valence-electron chi connectivity index (χ1n) is 9.14. The molecule has 2 aromatic rings. The molecule has 27 heavy (non-hydrogen) atoms. The fraction of sp³-hybridized carbons (Fsp3) is 0.381. The highest BCUT2D eigenvalue weighted by Gasteiger charge is 2.13. The Balaban J connectivity index is 2.18. The van der Waals surface area contributed by atoms with Gasteiger partial charge in [0.05, 0.1) is 26.9 Å². The fourth-order valence-electron chi connectivity index (χ4n) is 2.47. The van der Waals surface area contributed by atoms with Gasteiger partial charge < -0.3 is 24.3 Å². The number of rotatable bonds is 10. The molecule has 0 fully saturated rings. The van der Waals surface area contributed by atoms with E-state index in [1.54, 1.807) is 43.5 Å². The van der Waals surface area contributed by atoms with Gasteiger partial charge in [-0.3, -0.25) is 4.79 Å². The lowest BCUT2D eigenvalue weighted by Crippen LogP contribution is -2.12. The number of carbonyl (C=O) groups excluding carboxylic acids is 1. The SMILES string of the molecule is CCCOc1ccc(C(=O)Nc2ccc(OCC)c(OC)c2)cc1OCC. The van der Waals surface area contributed by atoms with Crippen molar-refractivity contribution < 1.29 is 23.7 Å². The van der Waals surface area contributed by atoms with Crippen molar-refractivity contribution in [2.75, 3.05) is 32.2 Å². The third kappa shape index (κ3) is 5.54. The van der Waals surface area contributed by atoms with Crippen molar-refractivity contribution in [3.63, 3.8) is 0 Å². The molecule has 0 unspecified atom stereocenters. The van der Waals surface area contributed by atoms with Crippen LogP contribution in [0.3, 0.4) is 0 Å². The average Bonchev–Trinajstić information content (AvgIpc) is 2.68. The van der Waals surface area contributed by atoms with Crippen molar-refractivity contribution in [3.05, 3.63) is 42.0 Å². The van der Waals surface area contributed by atoms with E-state index in [-0.39, 0.29) is 5.91 Å². The summed E-state index contributed by atoms with van der Waals surface area (Å²) in [6.07, 6.45) is 0.896. The molecule has 2 aromatic carbocycles. The van der Waals surface area contributed by atoms with Gasteiger partial charge >= 0.3 is 0 Å². The first-order chi connectivity index (χ1) is 13.1. The molecule has 0 aliphatic heterocycles. The fourth-order valence-corrected chi connectivity index (χ4v) is 2.47. The van der Waals surface area contributed by atoms with Crippen LogP contribution in [-0.2, 0) is 0 Å². The summed E-state index contributed by atoms with van der Waals surface area (Å²) in [5.41, 5.74) is 1.10. The van der Waals surface area contributed by atoms with Crippen molar-refractivity contribution in [3.8, 4) is 23.0 Å². The Kier molecular flexibility index (Phi) is 7.79. The second-order valence-corrected chi connectivity index (χ2v) is 5.70. The minimum Gasteiger partial charge on any atom is -0.493 e. The largest absolute Gasteiger partial charge is 0.493 e. The number of ether oxygens (including phenoxy) is 4. The first-order valence-corrected chi connectivity index (χ1v) is 9.14. The maximum absolute atomic E-state index is 12.6. The summed E-state index contributed by atoms with van der Waals surface area (Å²) in [7, 11) is 1.56. The molecule has 6 nitrogen and oxygen atoms in total. The first kappa shape index (κ1) is 20.4. The van der Waals surface area contributed by atoms with E-state index in [0.29, 0.717) is 54.1 Å². The highest BCUT2D eigenvalue weighted by Crippen LogP contribution is 2.31. The highest BCUT2D eigenvalue weighted by atomic mass is 16.5. The molecule has 0 atom stereocenters. The second-order valence-electron chi connectivity index (χ2n) is 5.70. The third-order valence-electron chi connectivity index (χ3n) is 3.69. The molecule has 0 aliphatic carbocycles. The van der Waals surface area contributed by atoms with Gasteiger partial charge in [-0.2, -0.15) is 0 Å². The van der Waals surface area contributed by atoms with Crippen LogP contribution >= 0.6 is 0 Å². The van der Waals surface area contributed by atoms with E-state index in [1.807, 2.05) is 20.8 Å². The molecule has 1 amide bonds. The summed E-state index contributed by atoms with van der Waals surface area (Å²) in [4.78, 5) is 12.6. The van der Waals surface area contributed by atoms with Crippen LogP contribution in [0.1, 0.15) is 37.6 Å². The van der Waals surface area contributed by atoms with Gasteiger partial charge in [0.2, 0.25) is 0 Å². The van der Waals surface area contributed by atoms with Crippen molar-refractivity contribution in [1.29, 1.82) is 0 Å². The lowest BCUT2D eigenvalue weighted by Gasteiger charge is -2.14. The van der Waals surface area contributed by atoms with Gasteiger partial charge in [-0.15, -0.1) is 0 Å². The molecule has 2 rings (SSSR count). The van der Waals surface area contributed by atoms with Crippen LogP contribution < -0.4 is 24.3 Å². The minimum atomic E-state index is -0.246. The summed E-state index contributed by atoms with van der Waals surface area (Å²) >= 11 is 0. The zero-order valence-corrected chi connectivity index (χ0v) is 16.3. The lowest BCUT2D eigenvalue weighted by atomic mass is 10.1. The van der Waals surface area contributed by atoms with Crippen LogP contribution in [-0.4, -0.2) is 32.8 Å². The molecule has 6 heteroatoms. The molecule has 0 heterocycles. The van der Waals surface area contributed by atoms with Crippen molar-refractivity contribution in [1.82, 2.24) is 0 Å². The van der Waals surface area contributed by atoms with Crippen molar-refractivity contribution >= 4 is 11.6 Å². The van der Waals surface area contributed by atoms with E-state index in [4.69, 9.17) is 18.9 Å². The van der Waals surface area contributed by atoms with Crippen molar-refractivity contribution in [2.45, 2.75) is 27.2 Å². The van der Waals surface area contributed by atoms with Crippen LogP contribution in [0.4, 0.5) is 5.69 Å². The Bertz CT molecular complexity index is 760. The normalized spacial score (nSPS) is 10.2. The monoisotopic (exact) mass is 373 g/mol. The average molecular weight is 373 g/mol. The van der Waals surface area contributed by atoms with E-state index in [1.165, 1.54) is 0 Å². The van der Waals surface area contributed by atoms with E-state index in [0.717, 1.165) is 6.42 Å². The maximum Gasteiger partial charge on any atom is 0.255 e. The number of benzene rings is 2. The van der Waals surface area contributed by atoms with E-state index in [9.17, 15) is 4.79 Å². The Morgan fingerprint density at radius 3 is 2.19 bits per heavy atom. The minimum absolute atomic E-state index is 0.246. The molecule has 0 saturated heterocycles. The third-order valence-corrected chi connectivity index (χ3v) is 3.69. The molecule has 0 aliphatic rings. The predicted molar refractivity (Wildman–Crippen MR) is 106 cm³/mol. The molecule has 146 valence electrons. The van der Waals surface area contributed by atoms with Crippen LogP contribution in [0.5, 0.6) is 23.0 Å². The number of hydrogen-bond donors (Lipinski definition) is 1. The Hall–Kier alpha value is -2.89. The molecule has 0 radical (unpaired) electrons. The summed E-state index contributed by atoms with van der Waals surface area (Å²) < 4.78 is 22.1. The molecule has 0 saturated carbocycles. The van der Waals surface area contributed by atoms with Gasteiger partial charge in [0.25, 0.3) is 5.91 Å². The quantitative estimate of drug-likeness (QED) is 0.663. The van der Waals surface area contributed by atoms with Crippen LogP contribution in [0.15, 0.2) is 36.4 Å². The van der Waals surface area contributed by atoms with E-state index < -0.39 is 0 Å². The number of anilines is 1. The predicted octanol–water partition coefficient (Wildman–Crippen LogP) is 4.53. The molecule has 0 aromatic heterocycles. The summed E-state index contributed by atoms with van der Waals surface area (Å²) in [6.45, 7) is 7.45. The number of hydrogen-bond acceptors (Lipinski definition) is 5. The van der Waals surface area contributed by atoms with Gasteiger partial charge in [-0.25, -0.2) is 0 Å². The molecular formula is C21H27NO5. The number of carbonyl (C=O) groups is 1. The topological polar surface area (TPSA) is 66.0 Å². The molecule has 0 bridgehead atoms. The van der Waals surface area contributed by atoms with Crippen LogP contribution in [0.2, 0.25) is 0 Å². The molecular weight excluding hydrogens is 346 g/mol. The smallest absolute Gasteiger partial charge is 0.255 e. The Morgan fingerprint density at radius 1 is 0.852 bits per heavy atom. The van der Waals surface area contributed by atoms with Gasteiger partial charge in [0.15, 0.2) is 23.0 Å². The summed E-state index contributed by atoms with van der Waals surface area (Å²) in [6, 6.07) is 10.4. The van der Waals surface area contributed by atoms with Gasteiger partial charge in [-0.1, -0.05) is 6.92 Å². The zero-order chi connectivity index (χ0) is 19.6. The Labute approximate surface area is 160 Å². The zero-order valence-electron chi connectivity index (χ0n) is 16.3. The number of amides is 1. The van der Waals surface area contributed by atoms with Gasteiger partial charge in [-0.05, 0) is 50.6 Å². The maximum atomic E-state index is 12.6. The van der Waals surface area contributed by atoms with E-state index >= 15 is 0 Å². The van der Waals surface area contributed by atoms with Crippen LogP contribution in [0.25, 0.3) is 0 Å². The van der Waals surface area contributed by atoms with Gasteiger partial charge in [0, 0.05) is 17.3 Å². The highest BCUT2D eigenvalue weighted by molar-refractivity contribution is 6.04. The second kappa shape index (κ2) is 10.3. The number of nitrogens with one attached hydrogen (secondary N) is 1. The van der Waals surface area contributed by atoms with Gasteiger partial charge in [0.1, 0.15) is 0 Å². The van der Waals surface area contributed by atoms with E-state index in [2.05, 4.69) is 5.32 Å². The summed E-state index contributed by atoms with van der Waals surface area (Å²) in [5.74, 6) is 2.15. The summed E-state index contributed by atoms with van der Waals surface area (Å²) in [5, 5.41) is 2.86. The molecule has 0 spiro atoms. The van der Waals surface area contributed by atoms with Crippen molar-refractivity contribution in [2.24, 2.45) is 0 Å². The Morgan fingerprint density at radius 2 is 1.52 bits per heavy atom. The van der Waals surface area contributed by atoms with Crippen LogP contribution in [0, 0.1) is 0 Å². The lowest BCUT2D eigenvalue weighted by molar-refractivity contribution is 0.102. The standard InChI is InChI=1S/C21H27NO5/c1-5-12-27-18-10-8-15(13-20(18)26-7-3)21(23)22-16-9-11-17(25-6-2)19(14-16)24-4/h8-11,13-14H,5-7,12H2,1-4H3,(H,22,23). The number of methoxy groups -OCH3 is 1. The molecule has 1 N–H and O–H groups in total.